The highest BCUT2D eigenvalue weighted by atomic mass is 32.1. The number of nitrogens with one attached hydrogen (secondary N) is 2. The molecule has 2 heterocycles. The molecule has 1 aromatic heterocycles. The van der Waals surface area contributed by atoms with Gasteiger partial charge in [0.25, 0.3) is 0 Å². The molecule has 1 aromatic rings. The van der Waals surface area contributed by atoms with Gasteiger partial charge in [-0.05, 0) is 26.7 Å². The second kappa shape index (κ2) is 6.40. The fourth-order valence-corrected chi connectivity index (χ4v) is 2.95. The van der Waals surface area contributed by atoms with E-state index in [4.69, 9.17) is 9.84 Å². The van der Waals surface area contributed by atoms with Crippen molar-refractivity contribution in [3.63, 3.8) is 0 Å². The van der Waals surface area contributed by atoms with Crippen LogP contribution in [-0.2, 0) is 11.3 Å². The highest BCUT2D eigenvalue weighted by molar-refractivity contribution is 7.09. The number of thiazole rings is 1. The zero-order valence-electron chi connectivity index (χ0n) is 12.0. The van der Waals surface area contributed by atoms with Crippen molar-refractivity contribution < 1.29 is 19.4 Å². The van der Waals surface area contributed by atoms with E-state index in [0.717, 1.165) is 12.8 Å². The molecular formula is C13H19N3O4S. The van der Waals surface area contributed by atoms with Crippen molar-refractivity contribution in [3.8, 4) is 0 Å². The summed E-state index contributed by atoms with van der Waals surface area (Å²) >= 11 is 1.21. The van der Waals surface area contributed by atoms with Gasteiger partial charge in [0, 0.05) is 18.0 Å². The summed E-state index contributed by atoms with van der Waals surface area (Å²) in [6.45, 7) is 4.85. The summed E-state index contributed by atoms with van der Waals surface area (Å²) in [5.74, 6) is -1.06. The number of carboxylic acids is 1. The lowest BCUT2D eigenvalue weighted by molar-refractivity contribution is -0.0611. The van der Waals surface area contributed by atoms with E-state index in [1.807, 2.05) is 13.8 Å². The monoisotopic (exact) mass is 313 g/mol. The van der Waals surface area contributed by atoms with Crippen LogP contribution in [0.5, 0.6) is 0 Å². The van der Waals surface area contributed by atoms with Crippen LogP contribution in [0.25, 0.3) is 0 Å². The molecule has 1 aliphatic rings. The van der Waals surface area contributed by atoms with Gasteiger partial charge in [0.15, 0.2) is 5.69 Å². The van der Waals surface area contributed by atoms with E-state index in [1.54, 1.807) is 0 Å². The number of carbonyl (C=O) groups excluding carboxylic acids is 1. The molecule has 0 aliphatic carbocycles. The summed E-state index contributed by atoms with van der Waals surface area (Å²) in [6, 6.07) is -0.190. The summed E-state index contributed by atoms with van der Waals surface area (Å²) in [7, 11) is 0. The van der Waals surface area contributed by atoms with Crippen molar-refractivity contribution in [1.29, 1.82) is 0 Å². The Morgan fingerprint density at radius 3 is 2.95 bits per heavy atom. The number of rotatable bonds is 4. The third-order valence-electron chi connectivity index (χ3n) is 3.20. The maximum Gasteiger partial charge on any atom is 0.355 e. The number of urea groups is 1. The van der Waals surface area contributed by atoms with Gasteiger partial charge < -0.3 is 20.5 Å². The lowest BCUT2D eigenvalue weighted by Crippen LogP contribution is -2.48. The lowest BCUT2D eigenvalue weighted by atomic mass is 9.94. The van der Waals surface area contributed by atoms with Gasteiger partial charge in [-0.2, -0.15) is 0 Å². The van der Waals surface area contributed by atoms with Crippen molar-refractivity contribution in [2.75, 3.05) is 6.61 Å². The molecule has 0 saturated carbocycles. The number of ether oxygens (including phenoxy) is 1. The quantitative estimate of drug-likeness (QED) is 0.784. The first-order valence-electron chi connectivity index (χ1n) is 6.72. The molecule has 2 amide bonds. The highest BCUT2D eigenvalue weighted by Crippen LogP contribution is 2.23. The number of carbonyl (C=O) groups is 2. The topological polar surface area (TPSA) is 101 Å². The Bertz CT molecular complexity index is 529. The molecule has 8 heteroatoms. The fraction of sp³-hybridized carbons (Fsp3) is 0.615. The van der Waals surface area contributed by atoms with Crippen LogP contribution < -0.4 is 10.6 Å². The minimum Gasteiger partial charge on any atom is -0.476 e. The van der Waals surface area contributed by atoms with Crippen molar-refractivity contribution in [2.45, 2.75) is 44.9 Å². The summed E-state index contributed by atoms with van der Waals surface area (Å²) in [4.78, 5) is 26.5. The van der Waals surface area contributed by atoms with Crippen LogP contribution in [0.4, 0.5) is 4.79 Å². The second-order valence-electron chi connectivity index (χ2n) is 5.56. The first-order chi connectivity index (χ1) is 9.85. The zero-order valence-corrected chi connectivity index (χ0v) is 12.8. The Labute approximate surface area is 126 Å². The summed E-state index contributed by atoms with van der Waals surface area (Å²) in [5.41, 5.74) is -0.217. The normalized spacial score (nSPS) is 20.8. The average Bonchev–Trinajstić information content (AvgIpc) is 2.84. The van der Waals surface area contributed by atoms with E-state index in [9.17, 15) is 9.59 Å². The van der Waals surface area contributed by atoms with Crippen molar-refractivity contribution in [3.05, 3.63) is 16.1 Å². The Morgan fingerprint density at radius 1 is 1.57 bits per heavy atom. The van der Waals surface area contributed by atoms with Gasteiger partial charge in [0.1, 0.15) is 5.01 Å². The number of nitrogens with zero attached hydrogens (tertiary/aromatic N) is 1. The van der Waals surface area contributed by atoms with Gasteiger partial charge in [0.05, 0.1) is 12.1 Å². The molecule has 3 N–H and O–H groups in total. The lowest BCUT2D eigenvalue weighted by Gasteiger charge is -2.35. The van der Waals surface area contributed by atoms with Crippen LogP contribution >= 0.6 is 11.3 Å². The first-order valence-corrected chi connectivity index (χ1v) is 7.60. The van der Waals surface area contributed by atoms with Crippen molar-refractivity contribution in [2.24, 2.45) is 0 Å². The molecule has 1 unspecified atom stereocenters. The summed E-state index contributed by atoms with van der Waals surface area (Å²) < 4.78 is 5.60. The molecule has 7 nitrogen and oxygen atoms in total. The second-order valence-corrected chi connectivity index (χ2v) is 6.50. The molecule has 2 rings (SSSR count). The van der Waals surface area contributed by atoms with Gasteiger partial charge in [0.2, 0.25) is 0 Å². The Balaban J connectivity index is 1.78. The minimum absolute atomic E-state index is 0.00314. The average molecular weight is 313 g/mol. The van der Waals surface area contributed by atoms with Crippen molar-refractivity contribution >= 4 is 23.3 Å². The van der Waals surface area contributed by atoms with E-state index in [0.29, 0.717) is 11.6 Å². The van der Waals surface area contributed by atoms with Crippen LogP contribution in [0.3, 0.4) is 0 Å². The smallest absolute Gasteiger partial charge is 0.355 e. The van der Waals surface area contributed by atoms with Crippen LogP contribution in [0, 0.1) is 0 Å². The van der Waals surface area contributed by atoms with E-state index in [2.05, 4.69) is 15.6 Å². The zero-order chi connectivity index (χ0) is 15.5. The maximum atomic E-state index is 11.8. The van der Waals surface area contributed by atoms with E-state index < -0.39 is 5.97 Å². The Morgan fingerprint density at radius 2 is 2.33 bits per heavy atom. The molecule has 1 atom stereocenters. The van der Waals surface area contributed by atoms with Crippen LogP contribution in [-0.4, -0.2) is 40.3 Å². The van der Waals surface area contributed by atoms with Gasteiger partial charge in [-0.1, -0.05) is 0 Å². The predicted octanol–water partition coefficient (Wildman–Crippen LogP) is 1.60. The van der Waals surface area contributed by atoms with Crippen LogP contribution in [0.2, 0.25) is 0 Å². The number of carboxylic acid groups (broad SMARTS) is 1. The molecule has 1 fully saturated rings. The largest absolute Gasteiger partial charge is 0.476 e. The van der Waals surface area contributed by atoms with Gasteiger partial charge in [-0.15, -0.1) is 11.3 Å². The first kappa shape index (κ1) is 15.7. The number of hydrogen-bond donors (Lipinski definition) is 3. The van der Waals surface area contributed by atoms with Gasteiger partial charge >= 0.3 is 12.0 Å². The molecule has 116 valence electrons. The molecule has 1 aliphatic heterocycles. The predicted molar refractivity (Wildman–Crippen MR) is 77.5 cm³/mol. The van der Waals surface area contributed by atoms with E-state index in [-0.39, 0.29) is 29.9 Å². The summed E-state index contributed by atoms with van der Waals surface area (Å²) in [5, 5.41) is 16.4. The number of hydrogen-bond acceptors (Lipinski definition) is 5. The third kappa shape index (κ3) is 4.68. The minimum atomic E-state index is -1.06. The Hall–Kier alpha value is -1.67. The molecule has 0 aromatic carbocycles. The van der Waals surface area contributed by atoms with Gasteiger partial charge in [-0.25, -0.2) is 14.6 Å². The van der Waals surface area contributed by atoms with Crippen LogP contribution in [0.15, 0.2) is 5.38 Å². The SMILES string of the molecule is CC1(C)CC(NC(=O)NCc2nc(C(=O)O)cs2)CCO1. The summed E-state index contributed by atoms with van der Waals surface area (Å²) in [6.07, 6.45) is 1.55. The maximum absolute atomic E-state index is 11.8. The van der Waals surface area contributed by atoms with Crippen molar-refractivity contribution in [1.82, 2.24) is 15.6 Å². The molecule has 0 spiro atoms. The fourth-order valence-electron chi connectivity index (χ4n) is 2.24. The van der Waals surface area contributed by atoms with Gasteiger partial charge in [-0.3, -0.25) is 0 Å². The van der Waals surface area contributed by atoms with E-state index >= 15 is 0 Å². The standard InChI is InChI=1S/C13H19N3O4S/c1-13(2)5-8(3-4-20-13)15-12(19)14-6-10-16-9(7-21-10)11(17)18/h7-8H,3-6H2,1-2H3,(H,17,18)(H2,14,15,19). The van der Waals surface area contributed by atoms with Crippen LogP contribution in [0.1, 0.15) is 42.2 Å². The molecule has 0 radical (unpaired) electrons. The third-order valence-corrected chi connectivity index (χ3v) is 4.05. The number of aromatic carboxylic acids is 1. The molecule has 1 saturated heterocycles. The molecule has 0 bridgehead atoms. The molecule has 21 heavy (non-hydrogen) atoms. The van der Waals surface area contributed by atoms with E-state index in [1.165, 1.54) is 16.7 Å². The highest BCUT2D eigenvalue weighted by Gasteiger charge is 2.29. The molecular weight excluding hydrogens is 294 g/mol. The number of amides is 2. The number of aromatic nitrogens is 1. The Kier molecular flexibility index (Phi) is 4.79.